The lowest BCUT2D eigenvalue weighted by atomic mass is 10.2. The van der Waals surface area contributed by atoms with Gasteiger partial charge in [0.15, 0.2) is 4.80 Å². The number of carbonyl (C=O) groups is 1. The van der Waals surface area contributed by atoms with E-state index in [1.807, 2.05) is 30.0 Å². The van der Waals surface area contributed by atoms with E-state index in [-0.39, 0.29) is 11.4 Å². The van der Waals surface area contributed by atoms with Crippen molar-refractivity contribution in [2.24, 2.45) is 12.0 Å². The van der Waals surface area contributed by atoms with Gasteiger partial charge in [-0.15, -0.1) is 11.8 Å². The minimum atomic E-state index is -3.72. The third-order valence-corrected chi connectivity index (χ3v) is 8.62. The molecule has 0 fully saturated rings. The lowest BCUT2D eigenvalue weighted by molar-refractivity contribution is 0.0998. The van der Waals surface area contributed by atoms with Crippen LogP contribution in [0.3, 0.4) is 0 Å². The predicted octanol–water partition coefficient (Wildman–Crippen LogP) is 4.12. The zero-order chi connectivity index (χ0) is 22.9. The molecule has 0 aliphatic carbocycles. The summed E-state index contributed by atoms with van der Waals surface area (Å²) in [4.78, 5) is 18.8. The Balaban J connectivity index is 1.58. The van der Waals surface area contributed by atoms with E-state index in [0.717, 1.165) is 15.1 Å². The van der Waals surface area contributed by atoms with E-state index in [2.05, 4.69) is 11.1 Å². The molecule has 0 bridgehead atoms. The van der Waals surface area contributed by atoms with Crippen LogP contribution in [0.5, 0.6) is 0 Å². The summed E-state index contributed by atoms with van der Waals surface area (Å²) in [5.74, 6) is 0.118. The number of hydrogen-bond donors (Lipinski definition) is 0. The van der Waals surface area contributed by atoms with Crippen molar-refractivity contribution >= 4 is 49.2 Å². The molecule has 7 nitrogen and oxygen atoms in total. The highest BCUT2D eigenvalue weighted by Gasteiger charge is 2.22. The van der Waals surface area contributed by atoms with Gasteiger partial charge in [0, 0.05) is 24.6 Å². The zero-order valence-corrected chi connectivity index (χ0v) is 20.1. The van der Waals surface area contributed by atoms with Gasteiger partial charge in [0.1, 0.15) is 5.76 Å². The van der Waals surface area contributed by atoms with Gasteiger partial charge in [0.05, 0.1) is 27.9 Å². The fourth-order valence-corrected chi connectivity index (χ4v) is 5.86. The summed E-state index contributed by atoms with van der Waals surface area (Å²) in [7, 11) is -0.368. The molecule has 2 aromatic carbocycles. The van der Waals surface area contributed by atoms with Crippen LogP contribution >= 0.6 is 23.1 Å². The molecule has 2 aromatic heterocycles. The first-order valence-corrected chi connectivity index (χ1v) is 13.1. The minimum Gasteiger partial charge on any atom is -0.468 e. The van der Waals surface area contributed by atoms with Crippen LogP contribution in [0.15, 0.2) is 80.1 Å². The van der Waals surface area contributed by atoms with Gasteiger partial charge in [0.25, 0.3) is 5.91 Å². The number of thiazole rings is 1. The number of rotatable bonds is 6. The third kappa shape index (κ3) is 4.44. The molecule has 4 aromatic rings. The van der Waals surface area contributed by atoms with Gasteiger partial charge in [-0.25, -0.2) is 8.42 Å². The van der Waals surface area contributed by atoms with Crippen molar-refractivity contribution in [1.82, 2.24) is 8.87 Å². The molecule has 1 amide bonds. The average Bonchev–Trinajstić information content (AvgIpc) is 3.41. The first kappa shape index (κ1) is 22.5. The number of aryl methyl sites for hydroxylation is 1. The molecule has 0 saturated heterocycles. The van der Waals surface area contributed by atoms with Crippen molar-refractivity contribution in [3.8, 4) is 0 Å². The van der Waals surface area contributed by atoms with Gasteiger partial charge in [-0.1, -0.05) is 11.3 Å². The summed E-state index contributed by atoms with van der Waals surface area (Å²) in [6.45, 7) is 0.117. The van der Waals surface area contributed by atoms with Crippen molar-refractivity contribution in [1.29, 1.82) is 0 Å². The van der Waals surface area contributed by atoms with E-state index in [9.17, 15) is 13.2 Å². The highest BCUT2D eigenvalue weighted by Crippen LogP contribution is 2.23. The summed E-state index contributed by atoms with van der Waals surface area (Å²) in [5.41, 5.74) is 1.32. The Morgan fingerprint density at radius 1 is 1.19 bits per heavy atom. The topological polar surface area (TPSA) is 84.9 Å². The molecule has 166 valence electrons. The second-order valence-corrected chi connectivity index (χ2v) is 11.0. The molecule has 10 heteroatoms. The Hall–Kier alpha value is -2.66. The average molecular weight is 488 g/mol. The quantitative estimate of drug-likeness (QED) is 0.382. The number of furan rings is 1. The summed E-state index contributed by atoms with van der Waals surface area (Å²) in [5, 5.41) is 0. The number of amides is 1. The highest BCUT2D eigenvalue weighted by molar-refractivity contribution is 7.98. The van der Waals surface area contributed by atoms with Gasteiger partial charge in [-0.2, -0.15) is 9.30 Å². The molecule has 0 atom stereocenters. The first-order valence-electron chi connectivity index (χ1n) is 9.61. The van der Waals surface area contributed by atoms with Crippen molar-refractivity contribution < 1.29 is 17.6 Å². The van der Waals surface area contributed by atoms with Gasteiger partial charge < -0.3 is 8.98 Å². The van der Waals surface area contributed by atoms with Crippen LogP contribution in [0, 0.1) is 0 Å². The molecule has 0 radical (unpaired) electrons. The standard InChI is InChI=1S/C22H21N3O4S3/c1-24(14-16-5-4-12-29-16)32(27,28)18-9-6-15(7-10-18)21(26)23-22-25(2)19-11-8-17(30-3)13-20(19)31-22/h4-13H,14H2,1-3H3. The fraction of sp³-hybridized carbons (Fsp3) is 0.182. The van der Waals surface area contributed by atoms with E-state index in [4.69, 9.17) is 4.42 Å². The van der Waals surface area contributed by atoms with Crippen molar-refractivity contribution in [3.05, 3.63) is 77.0 Å². The summed E-state index contributed by atoms with van der Waals surface area (Å²) >= 11 is 3.10. The molecule has 32 heavy (non-hydrogen) atoms. The minimum absolute atomic E-state index is 0.0973. The zero-order valence-electron chi connectivity index (χ0n) is 17.7. The first-order chi connectivity index (χ1) is 15.3. The second kappa shape index (κ2) is 9.07. The summed E-state index contributed by atoms with van der Waals surface area (Å²) in [6.07, 6.45) is 3.51. The van der Waals surface area contributed by atoms with Crippen LogP contribution in [0.4, 0.5) is 0 Å². The van der Waals surface area contributed by atoms with E-state index in [1.54, 1.807) is 23.9 Å². The molecule has 0 aliphatic rings. The van der Waals surface area contributed by atoms with Crippen LogP contribution < -0.4 is 4.80 Å². The lowest BCUT2D eigenvalue weighted by Gasteiger charge is -2.16. The second-order valence-electron chi connectivity index (χ2n) is 7.06. The number of carbonyl (C=O) groups excluding carboxylic acids is 1. The number of aromatic nitrogens is 1. The SMILES string of the molecule is CSc1ccc2c(c1)sc(=NC(=O)c1ccc(S(=O)(=O)N(C)Cc3ccco3)cc1)n2C. The Morgan fingerprint density at radius 3 is 2.59 bits per heavy atom. The molecule has 0 saturated carbocycles. The molecule has 0 unspecified atom stereocenters. The van der Waals surface area contributed by atoms with Gasteiger partial charge >= 0.3 is 0 Å². The summed E-state index contributed by atoms with van der Waals surface area (Å²) in [6, 6.07) is 15.4. The van der Waals surface area contributed by atoms with Gasteiger partial charge in [0.2, 0.25) is 10.0 Å². The highest BCUT2D eigenvalue weighted by atomic mass is 32.2. The monoisotopic (exact) mass is 487 g/mol. The third-order valence-electron chi connectivity index (χ3n) is 4.98. The Labute approximate surface area is 194 Å². The largest absolute Gasteiger partial charge is 0.468 e. The Morgan fingerprint density at radius 2 is 1.94 bits per heavy atom. The molecule has 2 heterocycles. The number of hydrogen-bond acceptors (Lipinski definition) is 6. The molecule has 4 rings (SSSR count). The number of fused-ring (bicyclic) bond motifs is 1. The fourth-order valence-electron chi connectivity index (χ4n) is 3.16. The van der Waals surface area contributed by atoms with Crippen molar-refractivity contribution in [2.75, 3.05) is 13.3 Å². The number of nitrogens with zero attached hydrogens (tertiary/aromatic N) is 3. The van der Waals surface area contributed by atoms with Crippen LogP contribution in [0.25, 0.3) is 10.2 Å². The van der Waals surface area contributed by atoms with E-state index in [0.29, 0.717) is 16.1 Å². The maximum Gasteiger partial charge on any atom is 0.279 e. The lowest BCUT2D eigenvalue weighted by Crippen LogP contribution is -2.26. The van der Waals surface area contributed by atoms with Crippen LogP contribution in [0.1, 0.15) is 16.1 Å². The molecular weight excluding hydrogens is 466 g/mol. The van der Waals surface area contributed by atoms with Gasteiger partial charge in [-0.05, 0) is 60.9 Å². The Bertz CT molecular complexity index is 1430. The van der Waals surface area contributed by atoms with Crippen molar-refractivity contribution in [3.63, 3.8) is 0 Å². The number of thioether (sulfide) groups is 1. The van der Waals surface area contributed by atoms with Crippen LogP contribution in [-0.2, 0) is 23.6 Å². The maximum atomic E-state index is 12.8. The van der Waals surface area contributed by atoms with E-state index < -0.39 is 15.9 Å². The number of sulfonamides is 1. The molecule has 0 aliphatic heterocycles. The molecule has 0 spiro atoms. The van der Waals surface area contributed by atoms with Crippen molar-refractivity contribution in [2.45, 2.75) is 16.3 Å². The maximum absolute atomic E-state index is 12.8. The van der Waals surface area contributed by atoms with E-state index >= 15 is 0 Å². The molecule has 0 N–H and O–H groups in total. The normalized spacial score (nSPS) is 12.7. The van der Waals surface area contributed by atoms with E-state index in [1.165, 1.54) is 53.2 Å². The van der Waals surface area contributed by atoms with Gasteiger partial charge in [-0.3, -0.25) is 4.79 Å². The Kier molecular flexibility index (Phi) is 6.38. The van der Waals surface area contributed by atoms with Crippen LogP contribution in [0.2, 0.25) is 0 Å². The number of benzene rings is 2. The summed E-state index contributed by atoms with van der Waals surface area (Å²) < 4.78 is 34.9. The van der Waals surface area contributed by atoms with Crippen LogP contribution in [-0.4, -0.2) is 36.5 Å². The smallest absolute Gasteiger partial charge is 0.279 e. The molecular formula is C22H21N3O4S3. The predicted molar refractivity (Wildman–Crippen MR) is 126 cm³/mol.